The van der Waals surface area contributed by atoms with Crippen LogP contribution in [0.5, 0.6) is 0 Å². The van der Waals surface area contributed by atoms with E-state index in [1.165, 1.54) is 0 Å². The number of aliphatic carboxylic acids is 1. The van der Waals surface area contributed by atoms with Gasteiger partial charge in [-0.2, -0.15) is 0 Å². The predicted molar refractivity (Wildman–Crippen MR) is 77.8 cm³/mol. The van der Waals surface area contributed by atoms with E-state index in [-0.39, 0.29) is 18.5 Å². The van der Waals surface area contributed by atoms with Crippen LogP contribution < -0.4 is 10.6 Å². The first kappa shape index (κ1) is 17.3. The second kappa shape index (κ2) is 6.32. The topological polar surface area (TPSA) is 98.7 Å². The van der Waals surface area contributed by atoms with E-state index in [1.807, 2.05) is 6.92 Å². The molecule has 3 amide bonds. The lowest BCUT2D eigenvalue weighted by Gasteiger charge is -2.26. The number of nitrogens with one attached hydrogen (secondary N) is 2. The van der Waals surface area contributed by atoms with Crippen molar-refractivity contribution in [3.05, 3.63) is 0 Å². The molecule has 1 fully saturated rings. The number of likely N-dealkylation sites (tertiary alicyclic amines) is 1. The van der Waals surface area contributed by atoms with Crippen LogP contribution in [-0.4, -0.2) is 54.6 Å². The van der Waals surface area contributed by atoms with Crippen LogP contribution >= 0.6 is 0 Å². The molecule has 1 aliphatic rings. The minimum Gasteiger partial charge on any atom is -0.481 e. The summed E-state index contributed by atoms with van der Waals surface area (Å²) in [6.07, 6.45) is 1.03. The number of carboxylic acid groups (broad SMARTS) is 1. The molecule has 21 heavy (non-hydrogen) atoms. The summed E-state index contributed by atoms with van der Waals surface area (Å²) in [5.41, 5.74) is -1.55. The second-order valence-electron chi connectivity index (χ2n) is 6.19. The lowest BCUT2D eigenvalue weighted by molar-refractivity contribution is -0.147. The first-order chi connectivity index (χ1) is 9.68. The molecule has 0 aromatic heterocycles. The van der Waals surface area contributed by atoms with Crippen LogP contribution in [0.15, 0.2) is 0 Å². The van der Waals surface area contributed by atoms with Gasteiger partial charge in [0.15, 0.2) is 0 Å². The number of nitrogens with zero attached hydrogens (tertiary/aromatic N) is 1. The highest BCUT2D eigenvalue weighted by Crippen LogP contribution is 2.30. The summed E-state index contributed by atoms with van der Waals surface area (Å²) in [4.78, 5) is 36.7. The molecule has 3 N–H and O–H groups in total. The van der Waals surface area contributed by atoms with E-state index in [9.17, 15) is 19.5 Å². The van der Waals surface area contributed by atoms with Gasteiger partial charge in [0.2, 0.25) is 5.91 Å². The van der Waals surface area contributed by atoms with E-state index in [1.54, 1.807) is 25.8 Å². The van der Waals surface area contributed by atoms with E-state index in [2.05, 4.69) is 10.6 Å². The Morgan fingerprint density at radius 1 is 1.38 bits per heavy atom. The Morgan fingerprint density at radius 2 is 2.00 bits per heavy atom. The lowest BCUT2D eigenvalue weighted by Crippen LogP contribution is -2.47. The van der Waals surface area contributed by atoms with Gasteiger partial charge in [0.25, 0.3) is 0 Å². The number of rotatable bonds is 5. The van der Waals surface area contributed by atoms with Crippen LogP contribution in [-0.2, 0) is 9.59 Å². The van der Waals surface area contributed by atoms with Crippen LogP contribution in [0.25, 0.3) is 0 Å². The fourth-order valence-corrected chi connectivity index (χ4v) is 2.36. The fraction of sp³-hybridized carbons (Fsp3) is 0.786. The first-order valence-corrected chi connectivity index (χ1v) is 7.17. The van der Waals surface area contributed by atoms with Crippen molar-refractivity contribution in [1.29, 1.82) is 0 Å². The van der Waals surface area contributed by atoms with E-state index in [0.717, 1.165) is 0 Å². The number of carbonyl (C=O) groups excluding carboxylic acids is 2. The Balaban J connectivity index is 2.59. The maximum absolute atomic E-state index is 12.1. The van der Waals surface area contributed by atoms with Crippen LogP contribution in [0.4, 0.5) is 4.79 Å². The van der Waals surface area contributed by atoms with Crippen molar-refractivity contribution in [2.75, 3.05) is 26.7 Å². The van der Waals surface area contributed by atoms with E-state index >= 15 is 0 Å². The summed E-state index contributed by atoms with van der Waals surface area (Å²) in [6.45, 7) is 6.12. The van der Waals surface area contributed by atoms with Crippen molar-refractivity contribution in [2.45, 2.75) is 33.6 Å². The largest absolute Gasteiger partial charge is 0.481 e. The monoisotopic (exact) mass is 299 g/mol. The summed E-state index contributed by atoms with van der Waals surface area (Å²) >= 11 is 0. The first-order valence-electron chi connectivity index (χ1n) is 7.17. The Hall–Kier alpha value is -1.79. The lowest BCUT2D eigenvalue weighted by atomic mass is 9.88. The maximum Gasteiger partial charge on any atom is 0.317 e. The van der Waals surface area contributed by atoms with Crippen LogP contribution in [0.2, 0.25) is 0 Å². The molecule has 0 aromatic carbocycles. The highest BCUT2D eigenvalue weighted by Gasteiger charge is 2.42. The fourth-order valence-electron chi connectivity index (χ4n) is 2.36. The summed E-state index contributed by atoms with van der Waals surface area (Å²) in [7, 11) is 1.58. The number of hydrogen-bond donors (Lipinski definition) is 3. The molecule has 0 saturated carbocycles. The maximum atomic E-state index is 12.1. The Morgan fingerprint density at radius 3 is 2.48 bits per heavy atom. The molecule has 1 saturated heterocycles. The minimum absolute atomic E-state index is 0.0743. The molecule has 1 rings (SSSR count). The zero-order chi connectivity index (χ0) is 16.3. The molecule has 2 atom stereocenters. The molecule has 1 heterocycles. The molecular formula is C14H25N3O4. The molecule has 0 spiro atoms. The molecular weight excluding hydrogens is 274 g/mol. The second-order valence-corrected chi connectivity index (χ2v) is 6.19. The smallest absolute Gasteiger partial charge is 0.317 e. The van der Waals surface area contributed by atoms with Crippen molar-refractivity contribution < 1.29 is 19.5 Å². The molecule has 7 heteroatoms. The number of amides is 3. The van der Waals surface area contributed by atoms with Crippen molar-refractivity contribution in [1.82, 2.24) is 15.5 Å². The molecule has 0 radical (unpaired) electrons. The number of urea groups is 1. The van der Waals surface area contributed by atoms with Gasteiger partial charge in [0.1, 0.15) is 0 Å². The van der Waals surface area contributed by atoms with Crippen LogP contribution in [0.3, 0.4) is 0 Å². The number of carboxylic acids is 1. The van der Waals surface area contributed by atoms with Gasteiger partial charge in [-0.1, -0.05) is 6.92 Å². The normalized spacial score (nSPS) is 24.3. The van der Waals surface area contributed by atoms with Crippen LogP contribution in [0.1, 0.15) is 33.6 Å². The zero-order valence-corrected chi connectivity index (χ0v) is 13.2. The van der Waals surface area contributed by atoms with Crippen molar-refractivity contribution in [3.63, 3.8) is 0 Å². The third kappa shape index (κ3) is 3.65. The Bertz CT molecular complexity index is 440. The molecule has 0 aromatic rings. The van der Waals surface area contributed by atoms with Crippen molar-refractivity contribution >= 4 is 17.9 Å². The molecule has 0 bridgehead atoms. The van der Waals surface area contributed by atoms with Gasteiger partial charge in [-0.25, -0.2) is 4.79 Å². The van der Waals surface area contributed by atoms with Gasteiger partial charge < -0.3 is 20.6 Å². The molecule has 7 nitrogen and oxygen atoms in total. The van der Waals surface area contributed by atoms with Gasteiger partial charge in [0, 0.05) is 26.7 Å². The highest BCUT2D eigenvalue weighted by molar-refractivity contribution is 5.84. The average Bonchev–Trinajstić information content (AvgIpc) is 2.87. The summed E-state index contributed by atoms with van der Waals surface area (Å²) in [5, 5.41) is 14.5. The summed E-state index contributed by atoms with van der Waals surface area (Å²) < 4.78 is 0. The van der Waals surface area contributed by atoms with Crippen LogP contribution in [0, 0.1) is 10.8 Å². The third-order valence-corrected chi connectivity index (χ3v) is 4.46. The number of hydrogen-bond acceptors (Lipinski definition) is 3. The predicted octanol–water partition coefficient (Wildman–Crippen LogP) is 0.655. The SMILES string of the molecule is CCC(C)(CNC(=O)N1CCC(C)(C(=O)NC)C1)C(=O)O. The Labute approximate surface area is 125 Å². The van der Waals surface area contributed by atoms with E-state index in [0.29, 0.717) is 25.9 Å². The van der Waals surface area contributed by atoms with Gasteiger partial charge >= 0.3 is 12.0 Å². The molecule has 2 unspecified atom stereocenters. The van der Waals surface area contributed by atoms with Gasteiger partial charge in [-0.3, -0.25) is 9.59 Å². The highest BCUT2D eigenvalue weighted by atomic mass is 16.4. The van der Waals surface area contributed by atoms with E-state index in [4.69, 9.17) is 0 Å². The quantitative estimate of drug-likeness (QED) is 0.694. The van der Waals surface area contributed by atoms with Gasteiger partial charge in [-0.15, -0.1) is 0 Å². The molecule has 120 valence electrons. The molecule has 1 aliphatic heterocycles. The number of carbonyl (C=O) groups is 3. The third-order valence-electron chi connectivity index (χ3n) is 4.46. The summed E-state index contributed by atoms with van der Waals surface area (Å²) in [6, 6.07) is -0.316. The van der Waals surface area contributed by atoms with Crippen molar-refractivity contribution in [2.24, 2.45) is 10.8 Å². The van der Waals surface area contributed by atoms with E-state index < -0.39 is 16.8 Å². The average molecular weight is 299 g/mol. The summed E-state index contributed by atoms with van der Waals surface area (Å²) in [5.74, 6) is -1.01. The Kier molecular flexibility index (Phi) is 5.20. The van der Waals surface area contributed by atoms with Gasteiger partial charge in [0.05, 0.1) is 10.8 Å². The van der Waals surface area contributed by atoms with Crippen molar-refractivity contribution in [3.8, 4) is 0 Å². The zero-order valence-electron chi connectivity index (χ0n) is 13.2. The molecule has 0 aliphatic carbocycles. The standard InChI is InChI=1S/C14H25N3O4/c1-5-13(2,11(19)20)8-16-12(21)17-7-6-14(3,9-17)10(18)15-4/h5-9H2,1-4H3,(H,15,18)(H,16,21)(H,19,20). The minimum atomic E-state index is -0.973. The van der Waals surface area contributed by atoms with Gasteiger partial charge in [-0.05, 0) is 26.7 Å².